The molecule has 1 aromatic heterocycles. The van der Waals surface area contributed by atoms with Crippen LogP contribution in [0.4, 0.5) is 5.82 Å². The van der Waals surface area contributed by atoms with Crippen molar-refractivity contribution in [3.05, 3.63) is 58.8 Å². The highest BCUT2D eigenvalue weighted by Gasteiger charge is 2.35. The molecular weight excluding hydrogens is 306 g/mol. The third-order valence-corrected chi connectivity index (χ3v) is 3.95. The summed E-state index contributed by atoms with van der Waals surface area (Å²) in [6, 6.07) is 8.04. The first-order valence-corrected chi connectivity index (χ1v) is 7.47. The first-order valence-electron chi connectivity index (χ1n) is 7.47. The van der Waals surface area contributed by atoms with Crippen LogP contribution >= 0.6 is 0 Å². The van der Waals surface area contributed by atoms with Crippen LogP contribution in [-0.4, -0.2) is 40.5 Å². The second-order valence-electron chi connectivity index (χ2n) is 5.69. The number of fused-ring (bicyclic) bond motifs is 1. The van der Waals surface area contributed by atoms with Crippen LogP contribution in [0.2, 0.25) is 0 Å². The van der Waals surface area contributed by atoms with Crippen molar-refractivity contribution < 1.29 is 9.59 Å². The molecule has 0 bridgehead atoms. The molecule has 0 spiro atoms. The van der Waals surface area contributed by atoms with Gasteiger partial charge in [-0.1, -0.05) is 12.1 Å². The molecule has 1 aliphatic heterocycles. The quantitative estimate of drug-likeness (QED) is 0.555. The lowest BCUT2D eigenvalue weighted by atomic mass is 10.1. The topological polar surface area (TPSA) is 126 Å². The number of anilines is 1. The molecule has 0 fully saturated rings. The SMILES string of the molecule is N=Cc1cc(CC(N)CN2C(=O)c3ccccc3C2=O)cnc1N. The summed E-state index contributed by atoms with van der Waals surface area (Å²) in [4.78, 5) is 29.9. The average Bonchev–Trinajstić information content (AvgIpc) is 2.82. The Bertz CT molecular complexity index is 798. The van der Waals surface area contributed by atoms with Gasteiger partial charge in [0.05, 0.1) is 11.1 Å². The highest BCUT2D eigenvalue weighted by molar-refractivity contribution is 6.21. The largest absolute Gasteiger partial charge is 0.383 e. The van der Waals surface area contributed by atoms with Gasteiger partial charge in [-0.3, -0.25) is 14.5 Å². The fourth-order valence-electron chi connectivity index (χ4n) is 2.77. The third-order valence-electron chi connectivity index (χ3n) is 3.95. The van der Waals surface area contributed by atoms with Crippen molar-refractivity contribution in [1.29, 1.82) is 5.41 Å². The number of carbonyl (C=O) groups is 2. The molecule has 2 amide bonds. The van der Waals surface area contributed by atoms with Crippen molar-refractivity contribution >= 4 is 23.8 Å². The highest BCUT2D eigenvalue weighted by Crippen LogP contribution is 2.22. The molecular formula is C17H17N5O2. The van der Waals surface area contributed by atoms with Gasteiger partial charge in [0.1, 0.15) is 5.82 Å². The number of hydrogen-bond donors (Lipinski definition) is 3. The van der Waals surface area contributed by atoms with E-state index in [0.717, 1.165) is 11.8 Å². The van der Waals surface area contributed by atoms with Gasteiger partial charge in [0.2, 0.25) is 0 Å². The number of amides is 2. The van der Waals surface area contributed by atoms with Gasteiger partial charge in [-0.2, -0.15) is 0 Å². The predicted molar refractivity (Wildman–Crippen MR) is 90.0 cm³/mol. The lowest BCUT2D eigenvalue weighted by Crippen LogP contribution is -2.41. The molecule has 24 heavy (non-hydrogen) atoms. The van der Waals surface area contributed by atoms with Crippen molar-refractivity contribution in [2.24, 2.45) is 5.73 Å². The van der Waals surface area contributed by atoms with Gasteiger partial charge in [-0.05, 0) is 30.2 Å². The molecule has 1 atom stereocenters. The lowest BCUT2D eigenvalue weighted by Gasteiger charge is -2.19. The normalized spacial score (nSPS) is 14.6. The number of hydrogen-bond acceptors (Lipinski definition) is 6. The number of carbonyl (C=O) groups excluding carboxylic acids is 2. The van der Waals surface area contributed by atoms with E-state index in [1.54, 1.807) is 36.5 Å². The minimum atomic E-state index is -0.434. The average molecular weight is 323 g/mol. The van der Waals surface area contributed by atoms with Gasteiger partial charge in [-0.25, -0.2) is 4.98 Å². The van der Waals surface area contributed by atoms with E-state index in [1.165, 1.54) is 4.90 Å². The molecule has 0 saturated carbocycles. The van der Waals surface area contributed by atoms with Crippen LogP contribution in [0.3, 0.4) is 0 Å². The van der Waals surface area contributed by atoms with E-state index in [1.807, 2.05) is 0 Å². The predicted octanol–water partition coefficient (Wildman–Crippen LogP) is 0.827. The first-order chi connectivity index (χ1) is 11.5. The van der Waals surface area contributed by atoms with Gasteiger partial charge >= 0.3 is 0 Å². The molecule has 0 saturated heterocycles. The number of aromatic nitrogens is 1. The smallest absolute Gasteiger partial charge is 0.261 e. The number of rotatable bonds is 5. The zero-order chi connectivity index (χ0) is 17.3. The maximum Gasteiger partial charge on any atom is 0.261 e. The zero-order valence-electron chi connectivity index (χ0n) is 12.9. The van der Waals surface area contributed by atoms with Crippen LogP contribution in [0, 0.1) is 5.41 Å². The standard InChI is InChI=1S/C17H17N5O2/c18-7-11-5-10(8-21-15(11)20)6-12(19)9-22-16(23)13-3-1-2-4-14(13)17(22)24/h1-5,7-8,12,18H,6,9,19H2,(H2,20,21). The fraction of sp³-hybridized carbons (Fsp3) is 0.176. The van der Waals surface area contributed by atoms with Gasteiger partial charge < -0.3 is 16.9 Å². The van der Waals surface area contributed by atoms with Crippen molar-refractivity contribution in [1.82, 2.24) is 9.88 Å². The van der Waals surface area contributed by atoms with Gasteiger partial charge in [0.15, 0.2) is 0 Å². The number of nitrogens with zero attached hydrogens (tertiary/aromatic N) is 2. The molecule has 1 unspecified atom stereocenters. The Morgan fingerprint density at radius 2 is 1.83 bits per heavy atom. The second kappa shape index (κ2) is 6.21. The monoisotopic (exact) mass is 323 g/mol. The number of imide groups is 1. The maximum absolute atomic E-state index is 12.3. The summed E-state index contributed by atoms with van der Waals surface area (Å²) in [6.45, 7) is 0.122. The van der Waals surface area contributed by atoms with E-state index in [0.29, 0.717) is 23.1 Å². The van der Waals surface area contributed by atoms with Crippen LogP contribution in [-0.2, 0) is 6.42 Å². The third kappa shape index (κ3) is 2.77. The van der Waals surface area contributed by atoms with Crippen LogP contribution in [0.1, 0.15) is 31.8 Å². The Labute approximate surface area is 138 Å². The summed E-state index contributed by atoms with van der Waals surface area (Å²) in [5.41, 5.74) is 13.9. The Morgan fingerprint density at radius 1 is 1.21 bits per heavy atom. The molecule has 0 radical (unpaired) electrons. The highest BCUT2D eigenvalue weighted by atomic mass is 16.2. The minimum absolute atomic E-state index is 0.122. The molecule has 0 aliphatic carbocycles. The number of benzene rings is 1. The number of nitrogens with two attached hydrogens (primary N) is 2. The Kier molecular flexibility index (Phi) is 4.09. The van der Waals surface area contributed by atoms with Crippen LogP contribution in [0.5, 0.6) is 0 Å². The molecule has 5 N–H and O–H groups in total. The lowest BCUT2D eigenvalue weighted by molar-refractivity contribution is 0.0644. The molecule has 122 valence electrons. The van der Waals surface area contributed by atoms with Gasteiger partial charge in [-0.15, -0.1) is 0 Å². The van der Waals surface area contributed by atoms with Crippen molar-refractivity contribution in [2.45, 2.75) is 12.5 Å². The molecule has 7 nitrogen and oxygen atoms in total. The molecule has 1 aromatic carbocycles. The number of pyridine rings is 1. The van der Waals surface area contributed by atoms with E-state index < -0.39 is 6.04 Å². The van der Waals surface area contributed by atoms with Crippen LogP contribution < -0.4 is 11.5 Å². The summed E-state index contributed by atoms with van der Waals surface area (Å²) in [7, 11) is 0. The molecule has 3 rings (SSSR count). The van der Waals surface area contributed by atoms with Crippen molar-refractivity contribution in [2.75, 3.05) is 12.3 Å². The molecule has 7 heteroatoms. The summed E-state index contributed by atoms with van der Waals surface area (Å²) in [5.74, 6) is -0.356. The van der Waals surface area contributed by atoms with Crippen LogP contribution in [0.25, 0.3) is 0 Å². The Hall–Kier alpha value is -3.06. The Balaban J connectivity index is 1.72. The van der Waals surface area contributed by atoms with Gasteiger partial charge in [0, 0.05) is 30.6 Å². The second-order valence-corrected chi connectivity index (χ2v) is 5.69. The van der Waals surface area contributed by atoms with E-state index in [9.17, 15) is 9.59 Å². The Morgan fingerprint density at radius 3 is 2.42 bits per heavy atom. The minimum Gasteiger partial charge on any atom is -0.383 e. The van der Waals surface area contributed by atoms with Crippen molar-refractivity contribution in [3.63, 3.8) is 0 Å². The maximum atomic E-state index is 12.3. The summed E-state index contributed by atoms with van der Waals surface area (Å²) in [6.07, 6.45) is 3.13. The first kappa shape index (κ1) is 15.8. The number of nitrogens with one attached hydrogen (secondary N) is 1. The zero-order valence-corrected chi connectivity index (χ0v) is 12.9. The van der Waals surface area contributed by atoms with E-state index in [2.05, 4.69) is 4.98 Å². The van der Waals surface area contributed by atoms with E-state index in [-0.39, 0.29) is 24.2 Å². The van der Waals surface area contributed by atoms with Gasteiger partial charge in [0.25, 0.3) is 11.8 Å². The van der Waals surface area contributed by atoms with Crippen molar-refractivity contribution in [3.8, 4) is 0 Å². The summed E-state index contributed by atoms with van der Waals surface area (Å²) >= 11 is 0. The van der Waals surface area contributed by atoms with E-state index >= 15 is 0 Å². The van der Waals surface area contributed by atoms with Crippen LogP contribution in [0.15, 0.2) is 36.5 Å². The summed E-state index contributed by atoms with van der Waals surface area (Å²) < 4.78 is 0. The van der Waals surface area contributed by atoms with E-state index in [4.69, 9.17) is 16.9 Å². The fourth-order valence-corrected chi connectivity index (χ4v) is 2.77. The molecule has 1 aliphatic rings. The number of nitrogen functional groups attached to an aromatic ring is 1. The molecule has 2 heterocycles. The summed E-state index contributed by atoms with van der Waals surface area (Å²) in [5, 5.41) is 7.30. The molecule has 2 aromatic rings.